The van der Waals surface area contributed by atoms with Gasteiger partial charge in [-0.05, 0) is 16.9 Å². The predicted molar refractivity (Wildman–Crippen MR) is 124 cm³/mol. The van der Waals surface area contributed by atoms with Crippen molar-refractivity contribution in [3.63, 3.8) is 0 Å². The SMILES string of the molecule is BC(B)(B)C(B)(B)N(C(=S)SC)C(B)(B)C(B)(B)B. The minimum Gasteiger partial charge on any atom is -0.381 e. The van der Waals surface area contributed by atoms with Gasteiger partial charge in [0.1, 0.15) is 35.7 Å². The second-order valence-electron chi connectivity index (χ2n) is 8.42. The molecule has 0 fully saturated rings. The van der Waals surface area contributed by atoms with Crippen LogP contribution in [0, 0.1) is 0 Å². The first kappa shape index (κ1) is 19.9. The Morgan fingerprint density at radius 1 is 0.789 bits per heavy atom. The van der Waals surface area contributed by atoms with E-state index in [4.69, 9.17) is 12.2 Å². The number of hydrogen-bond acceptors (Lipinski definition) is 2. The Kier molecular flexibility index (Phi) is 6.22. The van der Waals surface area contributed by atoms with Gasteiger partial charge in [0, 0.05) is 0 Å². The van der Waals surface area contributed by atoms with Crippen molar-refractivity contribution in [3.8, 4) is 0 Å². The molecule has 0 aliphatic heterocycles. The molecule has 0 aliphatic carbocycles. The molecule has 0 N–H and O–H groups in total. The first-order valence-corrected chi connectivity index (χ1v) is 8.62. The Hall–Kier alpha value is 0.889. The normalized spacial score (nSPS) is 13.9. The van der Waals surface area contributed by atoms with Crippen LogP contribution in [-0.2, 0) is 0 Å². The lowest BCUT2D eigenvalue weighted by Crippen LogP contribution is -2.72. The average molecular weight is 282 g/mol. The second-order valence-corrected chi connectivity index (χ2v) is 9.86. The van der Waals surface area contributed by atoms with E-state index in [1.807, 2.05) is 0 Å². The van der Waals surface area contributed by atoms with Crippen LogP contribution in [0.25, 0.3) is 0 Å². The Bertz CT molecular complexity index is 319. The van der Waals surface area contributed by atoms with Gasteiger partial charge in [0.2, 0.25) is 0 Å². The van der Waals surface area contributed by atoms with Crippen molar-refractivity contribution in [2.75, 3.05) is 6.26 Å². The first-order chi connectivity index (χ1) is 8.10. The van der Waals surface area contributed by atoms with Gasteiger partial charge in [-0.3, -0.25) is 0 Å². The summed E-state index contributed by atoms with van der Waals surface area (Å²) in [6, 6.07) is 0. The number of thioether (sulfide) groups is 1. The van der Waals surface area contributed by atoms with E-state index in [9.17, 15) is 0 Å². The van der Waals surface area contributed by atoms with Crippen LogP contribution < -0.4 is 0 Å². The monoisotopic (exact) mass is 283 g/mol. The third-order valence-electron chi connectivity index (χ3n) is 5.15. The van der Waals surface area contributed by atoms with E-state index >= 15 is 0 Å². The molecule has 0 rings (SSSR count). The fraction of sp³-hybridized carbons (Fsp3) is 0.833. The Morgan fingerprint density at radius 2 is 1.05 bits per heavy atom. The second kappa shape index (κ2) is 5.94. The van der Waals surface area contributed by atoms with Crippen molar-refractivity contribution in [2.24, 2.45) is 0 Å². The summed E-state index contributed by atoms with van der Waals surface area (Å²) in [4.78, 5) is 2.46. The Balaban J connectivity index is 5.95. The molecule has 0 saturated heterocycles. The van der Waals surface area contributed by atoms with Gasteiger partial charge in [0.05, 0.1) is 47.1 Å². The first-order valence-electron chi connectivity index (χ1n) is 6.99. The van der Waals surface area contributed by atoms with Gasteiger partial charge in [-0.2, -0.15) is 0 Å². The van der Waals surface area contributed by atoms with E-state index in [-0.39, 0.29) is 20.9 Å². The Labute approximate surface area is 138 Å². The fourth-order valence-electron chi connectivity index (χ4n) is 1.92. The van der Waals surface area contributed by atoms with Crippen LogP contribution in [0.5, 0.6) is 0 Å². The van der Waals surface area contributed by atoms with Crippen LogP contribution in [0.1, 0.15) is 0 Å². The van der Waals surface area contributed by atoms with Crippen molar-refractivity contribution in [3.05, 3.63) is 0 Å². The van der Waals surface area contributed by atoms with E-state index in [0.717, 1.165) is 4.32 Å². The van der Waals surface area contributed by atoms with Gasteiger partial charge in [-0.15, -0.1) is 22.0 Å². The molecule has 0 amide bonds. The Morgan fingerprint density at radius 3 is 1.21 bits per heavy atom. The van der Waals surface area contributed by atoms with Crippen LogP contribution in [0.2, 0.25) is 10.2 Å². The highest BCUT2D eigenvalue weighted by molar-refractivity contribution is 8.22. The van der Waals surface area contributed by atoms with Crippen molar-refractivity contribution in [2.45, 2.75) is 20.9 Å². The summed E-state index contributed by atoms with van der Waals surface area (Å²) in [5.74, 6) is 0. The maximum absolute atomic E-state index is 5.70. The summed E-state index contributed by atoms with van der Waals surface area (Å²) in [6.45, 7) is 0. The smallest absolute Gasteiger partial charge is 0.134 e. The summed E-state index contributed by atoms with van der Waals surface area (Å²) in [6.07, 6.45) is 2.08. The number of rotatable bonds is 4. The molecule has 0 aromatic heterocycles. The summed E-state index contributed by atoms with van der Waals surface area (Å²) in [5, 5.41) is 0.276. The predicted octanol–water partition coefficient (Wildman–Crippen LogP) is -8.28. The molecule has 0 atom stereocenters. The van der Waals surface area contributed by atoms with Crippen molar-refractivity contribution >= 4 is 107 Å². The standard InChI is InChI=1S/C6H23B10NS2/c1-19-2(18)17(5(13,14)3(7,8)9)6(15,16)4(10,11)12/h7-16H2,1H3. The van der Waals surface area contributed by atoms with Gasteiger partial charge in [0.15, 0.2) is 0 Å². The molecule has 94 valence electrons. The van der Waals surface area contributed by atoms with Gasteiger partial charge < -0.3 is 4.90 Å². The molecule has 0 heterocycles. The fourth-order valence-corrected chi connectivity index (χ4v) is 3.01. The van der Waals surface area contributed by atoms with Crippen LogP contribution in [0.15, 0.2) is 0 Å². The van der Waals surface area contributed by atoms with Crippen molar-refractivity contribution in [1.82, 2.24) is 4.90 Å². The molecular formula is C6H23B10NS2. The molecule has 0 saturated carbocycles. The summed E-state index contributed by atoms with van der Waals surface area (Å²) >= 11 is 7.38. The van der Waals surface area contributed by atoms with Gasteiger partial charge >= 0.3 is 0 Å². The topological polar surface area (TPSA) is 3.24 Å². The van der Waals surface area contributed by atoms with Crippen molar-refractivity contribution in [1.29, 1.82) is 0 Å². The molecule has 0 spiro atoms. The molecule has 0 bridgehead atoms. The highest BCUT2D eigenvalue weighted by atomic mass is 32.2. The molecular weight excluding hydrogens is 258 g/mol. The lowest BCUT2D eigenvalue weighted by Gasteiger charge is -2.61. The van der Waals surface area contributed by atoms with E-state index in [0.29, 0.717) is 0 Å². The summed E-state index contributed by atoms with van der Waals surface area (Å²) < 4.78 is 0.986. The van der Waals surface area contributed by atoms with Crippen molar-refractivity contribution < 1.29 is 0 Å². The molecule has 0 aromatic rings. The zero-order chi connectivity index (χ0) is 15.9. The molecule has 19 heavy (non-hydrogen) atoms. The molecule has 1 nitrogen and oxygen atoms in total. The van der Waals surface area contributed by atoms with Crippen LogP contribution >= 0.6 is 24.0 Å². The van der Waals surface area contributed by atoms with Crippen LogP contribution in [-0.4, -0.2) is 105 Å². The lowest BCUT2D eigenvalue weighted by molar-refractivity contribution is 0.302. The summed E-state index contributed by atoms with van der Waals surface area (Å²) in [5.41, 5.74) is 0. The lowest BCUT2D eigenvalue weighted by atomic mass is 9.22. The van der Waals surface area contributed by atoms with E-state index in [2.05, 4.69) is 89.6 Å². The summed E-state index contributed by atoms with van der Waals surface area (Å²) in [7, 11) is 23.0. The largest absolute Gasteiger partial charge is 0.381 e. The van der Waals surface area contributed by atoms with E-state index < -0.39 is 0 Å². The number of thiocarbonyl (C=S) groups is 1. The van der Waals surface area contributed by atoms with Gasteiger partial charge in [-0.25, -0.2) is 0 Å². The van der Waals surface area contributed by atoms with E-state index in [1.165, 1.54) is 0 Å². The minimum atomic E-state index is -0.0100. The number of nitrogens with zero attached hydrogens (tertiary/aromatic N) is 1. The molecule has 0 aliphatic rings. The number of hydrogen-bond donors (Lipinski definition) is 0. The van der Waals surface area contributed by atoms with Crippen LogP contribution in [0.4, 0.5) is 0 Å². The van der Waals surface area contributed by atoms with Gasteiger partial charge in [-0.1, -0.05) is 12.2 Å². The van der Waals surface area contributed by atoms with Crippen LogP contribution in [0.3, 0.4) is 0 Å². The average Bonchev–Trinajstić information content (AvgIpc) is 2.12. The third kappa shape index (κ3) is 3.96. The van der Waals surface area contributed by atoms with E-state index in [1.54, 1.807) is 11.8 Å². The molecule has 0 radical (unpaired) electrons. The maximum Gasteiger partial charge on any atom is 0.134 e. The zero-order valence-corrected chi connectivity index (χ0v) is 16.4. The zero-order valence-electron chi connectivity index (χ0n) is 14.8. The van der Waals surface area contributed by atoms with Gasteiger partial charge in [0.25, 0.3) is 0 Å². The molecule has 0 unspecified atom stereocenters. The third-order valence-corrected chi connectivity index (χ3v) is 6.36. The molecule has 0 aromatic carbocycles. The highest BCUT2D eigenvalue weighted by Crippen LogP contribution is 2.40. The molecule has 13 heteroatoms. The quantitative estimate of drug-likeness (QED) is 0.372. The minimum absolute atomic E-state index is 0.0100. The highest BCUT2D eigenvalue weighted by Gasteiger charge is 2.48. The maximum atomic E-state index is 5.70.